The summed E-state index contributed by atoms with van der Waals surface area (Å²) in [5.74, 6) is 0. The molecule has 0 fully saturated rings. The molecule has 0 saturated heterocycles. The summed E-state index contributed by atoms with van der Waals surface area (Å²) in [5.41, 5.74) is 18.7. The lowest BCUT2D eigenvalue weighted by atomic mass is 9.70. The number of fused-ring (bicyclic) bond motifs is 13. The molecule has 2 aliphatic rings. The zero-order chi connectivity index (χ0) is 50.5. The normalized spacial score (nSPS) is 15.1. The Balaban J connectivity index is 1.04. The van der Waals surface area contributed by atoms with Gasteiger partial charge in [-0.1, -0.05) is 188 Å². The van der Waals surface area contributed by atoms with Gasteiger partial charge in [-0.05, 0) is 141 Å². The van der Waals surface area contributed by atoms with Crippen LogP contribution in [0.1, 0.15) is 29.1 Å². The van der Waals surface area contributed by atoms with Crippen molar-refractivity contribution in [2.24, 2.45) is 0 Å². The van der Waals surface area contributed by atoms with Crippen molar-refractivity contribution >= 4 is 55.9 Å². The van der Waals surface area contributed by atoms with Gasteiger partial charge >= 0.3 is 0 Å². The molecule has 328 valence electrons. The summed E-state index contributed by atoms with van der Waals surface area (Å²) in [6, 6.07) is 84.6. The quantitative estimate of drug-likeness (QED) is 0.151. The molecule has 0 aliphatic heterocycles. The van der Waals surface area contributed by atoms with E-state index in [1.807, 2.05) is 30.3 Å². The third-order valence-corrected chi connectivity index (χ3v) is 14.4. The average molecular weight is 897 g/mol. The molecule has 0 radical (unpaired) electrons. The van der Waals surface area contributed by atoms with Crippen molar-refractivity contribution in [3.63, 3.8) is 0 Å². The Hall–Kier alpha value is -9.18. The van der Waals surface area contributed by atoms with E-state index in [2.05, 4.69) is 227 Å². The van der Waals surface area contributed by atoms with Gasteiger partial charge in [0.25, 0.3) is 0 Å². The van der Waals surface area contributed by atoms with Crippen molar-refractivity contribution < 1.29 is 6.85 Å². The Labute approximate surface area is 415 Å². The van der Waals surface area contributed by atoms with Gasteiger partial charge in [-0.3, -0.25) is 0 Å². The highest BCUT2D eigenvalue weighted by Crippen LogP contribution is 2.64. The van der Waals surface area contributed by atoms with E-state index in [1.165, 1.54) is 44.5 Å². The maximum atomic E-state index is 8.87. The van der Waals surface area contributed by atoms with E-state index in [9.17, 15) is 0 Å². The van der Waals surface area contributed by atoms with Gasteiger partial charge in [-0.25, -0.2) is 0 Å². The molecule has 2 aliphatic carbocycles. The first-order chi connectivity index (χ1) is 36.8. The minimum Gasteiger partial charge on any atom is -0.310 e. The van der Waals surface area contributed by atoms with E-state index < -0.39 is 11.5 Å². The lowest BCUT2D eigenvalue weighted by molar-refractivity contribution is 0.793. The topological polar surface area (TPSA) is 11.4 Å². The molecule has 3 nitrogen and oxygen atoms in total. The predicted octanol–water partition coefficient (Wildman–Crippen LogP) is 17.7. The third kappa shape index (κ3) is 5.95. The Morgan fingerprint density at radius 3 is 1.46 bits per heavy atom. The summed E-state index contributed by atoms with van der Waals surface area (Å²) in [4.78, 5) is 4.67. The highest BCUT2D eigenvalue weighted by atomic mass is 15.2. The van der Waals surface area contributed by atoms with E-state index >= 15 is 0 Å². The number of rotatable bonds is 8. The van der Waals surface area contributed by atoms with Crippen molar-refractivity contribution in [3.05, 3.63) is 295 Å². The standard InChI is InChI=1S/C67H45N3/c1-5-20-46(21-6-1)47-36-38-51(39-37-47)69(65-35-19-31-59-58-30-15-18-34-64(58)70(66(59)65)50-26-11-4-12-27-50)53-41-43-57-55-29-14-17-33-61(55)67(63(57)45-53)60-32-16-13-28-54(60)56-42-40-52(44-62(56)67)68(48-22-7-2-8-23-48)49-24-9-3-10-25-49/h1-45H/i1D,5D,6D,20D,21D. The van der Waals surface area contributed by atoms with Crippen molar-refractivity contribution in [2.45, 2.75) is 5.41 Å². The maximum Gasteiger partial charge on any atom is 0.0782 e. The zero-order valence-electron chi connectivity index (χ0n) is 42.9. The van der Waals surface area contributed by atoms with Crippen molar-refractivity contribution in [2.75, 3.05) is 9.80 Å². The fourth-order valence-corrected chi connectivity index (χ4v) is 11.6. The molecule has 1 spiro atoms. The van der Waals surface area contributed by atoms with Gasteiger partial charge in [-0.2, -0.15) is 0 Å². The molecule has 3 heteroatoms. The largest absolute Gasteiger partial charge is 0.310 e. The fraction of sp³-hybridized carbons (Fsp3) is 0.0149. The Morgan fingerprint density at radius 1 is 0.343 bits per heavy atom. The number of nitrogens with zero attached hydrogens (tertiary/aromatic N) is 3. The van der Waals surface area contributed by atoms with Gasteiger partial charge < -0.3 is 14.4 Å². The van der Waals surface area contributed by atoms with Crippen LogP contribution in [0, 0.1) is 0 Å². The lowest BCUT2D eigenvalue weighted by Gasteiger charge is -2.33. The SMILES string of the molecule is [2H]c1c([2H])c([2H])c(-c2ccc(N(c3ccc4c(c3)C3(c5ccccc5-c5ccc(N(c6ccccc6)c6ccccc6)cc53)c3ccccc3-4)c3cccc4c5ccccc5n(-c5ccccc5)c34)cc2)c([2H])c1[2H]. The minimum absolute atomic E-state index is 0.165. The van der Waals surface area contributed by atoms with Gasteiger partial charge in [0.05, 0.1) is 29.0 Å². The summed E-state index contributed by atoms with van der Waals surface area (Å²) < 4.78 is 45.4. The van der Waals surface area contributed by atoms with Crippen LogP contribution in [0.2, 0.25) is 0 Å². The first kappa shape index (κ1) is 35.0. The highest BCUT2D eigenvalue weighted by Gasteiger charge is 2.52. The first-order valence-electron chi connectivity index (χ1n) is 26.3. The van der Waals surface area contributed by atoms with Crippen LogP contribution in [0.3, 0.4) is 0 Å². The monoisotopic (exact) mass is 896 g/mol. The number of hydrogen-bond acceptors (Lipinski definition) is 2. The molecule has 70 heavy (non-hydrogen) atoms. The Kier molecular flexibility index (Phi) is 8.00. The van der Waals surface area contributed by atoms with Crippen LogP contribution in [-0.2, 0) is 5.41 Å². The van der Waals surface area contributed by atoms with E-state index in [0.29, 0.717) is 5.56 Å². The molecule has 1 atom stereocenters. The summed E-state index contributed by atoms with van der Waals surface area (Å²) >= 11 is 0. The van der Waals surface area contributed by atoms with Crippen LogP contribution in [0.5, 0.6) is 0 Å². The first-order valence-corrected chi connectivity index (χ1v) is 23.8. The summed E-state index contributed by atoms with van der Waals surface area (Å²) in [5, 5.41) is 2.23. The van der Waals surface area contributed by atoms with Crippen molar-refractivity contribution in [1.29, 1.82) is 0 Å². The summed E-state index contributed by atoms with van der Waals surface area (Å²) in [7, 11) is 0. The second kappa shape index (κ2) is 16.0. The van der Waals surface area contributed by atoms with Crippen molar-refractivity contribution in [3.8, 4) is 39.1 Å². The van der Waals surface area contributed by atoms with Gasteiger partial charge in [0.15, 0.2) is 0 Å². The maximum absolute atomic E-state index is 8.87. The number of aromatic nitrogens is 1. The van der Waals surface area contributed by atoms with Crippen LogP contribution in [0.25, 0.3) is 60.9 Å². The molecule has 0 saturated carbocycles. The molecule has 1 unspecified atom stereocenters. The molecule has 14 rings (SSSR count). The molecule has 0 bridgehead atoms. The molecule has 1 aromatic heterocycles. The highest BCUT2D eigenvalue weighted by molar-refractivity contribution is 6.14. The predicted molar refractivity (Wildman–Crippen MR) is 292 cm³/mol. The molecular weight excluding hydrogens is 847 g/mol. The summed E-state index contributed by atoms with van der Waals surface area (Å²) in [6.45, 7) is 0. The molecule has 11 aromatic carbocycles. The third-order valence-electron chi connectivity index (χ3n) is 14.4. The second-order valence-electron chi connectivity index (χ2n) is 18.1. The zero-order valence-corrected chi connectivity index (χ0v) is 37.9. The lowest BCUT2D eigenvalue weighted by Crippen LogP contribution is -2.26. The van der Waals surface area contributed by atoms with E-state index in [1.54, 1.807) is 0 Å². The van der Waals surface area contributed by atoms with E-state index in [-0.39, 0.29) is 29.7 Å². The van der Waals surface area contributed by atoms with Crippen LogP contribution >= 0.6 is 0 Å². The minimum atomic E-state index is -0.704. The number of para-hydroxylation sites is 5. The van der Waals surface area contributed by atoms with Gasteiger partial charge in [0.2, 0.25) is 0 Å². The number of anilines is 6. The van der Waals surface area contributed by atoms with Gasteiger partial charge in [0.1, 0.15) is 0 Å². The van der Waals surface area contributed by atoms with Gasteiger partial charge in [-0.15, -0.1) is 0 Å². The second-order valence-corrected chi connectivity index (χ2v) is 18.1. The Bertz CT molecular complexity index is 4170. The number of hydrogen-bond donors (Lipinski definition) is 0. The smallest absolute Gasteiger partial charge is 0.0782 e. The Morgan fingerprint density at radius 2 is 0.829 bits per heavy atom. The van der Waals surface area contributed by atoms with E-state index in [0.717, 1.165) is 61.6 Å². The van der Waals surface area contributed by atoms with Gasteiger partial charge in [0, 0.05) is 44.9 Å². The number of benzene rings is 11. The van der Waals surface area contributed by atoms with Crippen LogP contribution in [0.15, 0.2) is 273 Å². The molecule has 0 N–H and O–H groups in total. The van der Waals surface area contributed by atoms with Crippen LogP contribution < -0.4 is 9.80 Å². The molecular formula is C67H45N3. The average Bonchev–Trinajstić information content (AvgIpc) is 4.14. The summed E-state index contributed by atoms with van der Waals surface area (Å²) in [6.07, 6.45) is 0. The fourth-order valence-electron chi connectivity index (χ4n) is 11.6. The van der Waals surface area contributed by atoms with Crippen molar-refractivity contribution in [1.82, 2.24) is 4.57 Å². The van der Waals surface area contributed by atoms with Crippen LogP contribution in [-0.4, -0.2) is 4.57 Å². The molecule has 1 heterocycles. The van der Waals surface area contributed by atoms with Crippen LogP contribution in [0.4, 0.5) is 34.1 Å². The van der Waals surface area contributed by atoms with E-state index in [4.69, 9.17) is 6.85 Å². The molecule has 12 aromatic rings. The molecule has 0 amide bonds.